The molecule has 1 aromatic carbocycles. The molecule has 0 bridgehead atoms. The van der Waals surface area contributed by atoms with Gasteiger partial charge in [0.1, 0.15) is 5.54 Å². The van der Waals surface area contributed by atoms with Crippen molar-refractivity contribution in [3.05, 3.63) is 30.3 Å². The normalized spacial score (nSPS) is 26.4. The van der Waals surface area contributed by atoms with Gasteiger partial charge in [-0.3, -0.25) is 4.79 Å². The lowest BCUT2D eigenvalue weighted by Crippen LogP contribution is -2.56. The van der Waals surface area contributed by atoms with Crippen LogP contribution in [0.1, 0.15) is 19.8 Å². The van der Waals surface area contributed by atoms with Crippen molar-refractivity contribution >= 4 is 11.6 Å². The fraction of sp³-hybridized carbons (Fsp3) is 0.500. The Bertz CT molecular complexity index is 440. The standard InChI is InChI=1S/C14H19N3O/c1-11-16-13(18)14(7-9-15-10-8-14)17(11)12-5-3-2-4-6-12/h2-6,11,15H,7-10H2,1H3,(H,16,18). The number of hydrogen-bond acceptors (Lipinski definition) is 3. The lowest BCUT2D eigenvalue weighted by molar-refractivity contribution is -0.124. The van der Waals surface area contributed by atoms with E-state index in [4.69, 9.17) is 0 Å². The Kier molecular flexibility index (Phi) is 2.74. The van der Waals surface area contributed by atoms with E-state index in [0.29, 0.717) is 0 Å². The third-order valence-electron chi connectivity index (χ3n) is 4.08. The van der Waals surface area contributed by atoms with Gasteiger partial charge in [-0.25, -0.2) is 0 Å². The highest BCUT2D eigenvalue weighted by Gasteiger charge is 2.52. The summed E-state index contributed by atoms with van der Waals surface area (Å²) in [5.74, 6) is 0.181. The molecule has 2 N–H and O–H groups in total. The van der Waals surface area contributed by atoms with E-state index in [1.165, 1.54) is 0 Å². The summed E-state index contributed by atoms with van der Waals surface area (Å²) in [6.07, 6.45) is 1.81. The van der Waals surface area contributed by atoms with E-state index in [9.17, 15) is 4.79 Å². The smallest absolute Gasteiger partial charge is 0.247 e. The SMILES string of the molecule is CC1NC(=O)C2(CCNCC2)N1c1ccccc1. The molecule has 0 radical (unpaired) electrons. The van der Waals surface area contributed by atoms with Crippen molar-refractivity contribution < 1.29 is 4.79 Å². The molecule has 0 saturated carbocycles. The molecular weight excluding hydrogens is 226 g/mol. The van der Waals surface area contributed by atoms with Crippen LogP contribution in [0.2, 0.25) is 0 Å². The summed E-state index contributed by atoms with van der Waals surface area (Å²) in [5, 5.41) is 6.42. The van der Waals surface area contributed by atoms with Gasteiger partial charge in [-0.05, 0) is 45.0 Å². The molecule has 2 heterocycles. The summed E-state index contributed by atoms with van der Waals surface area (Å²) in [6.45, 7) is 3.87. The highest BCUT2D eigenvalue weighted by molar-refractivity contribution is 5.94. The third kappa shape index (κ3) is 1.60. The van der Waals surface area contributed by atoms with E-state index in [1.54, 1.807) is 0 Å². The number of anilines is 1. The predicted molar refractivity (Wildman–Crippen MR) is 71.4 cm³/mol. The zero-order valence-corrected chi connectivity index (χ0v) is 10.6. The van der Waals surface area contributed by atoms with Crippen molar-refractivity contribution in [3.8, 4) is 0 Å². The molecule has 2 aliphatic rings. The minimum atomic E-state index is -0.355. The number of piperidine rings is 1. The van der Waals surface area contributed by atoms with Gasteiger partial charge in [0.15, 0.2) is 0 Å². The molecule has 2 aliphatic heterocycles. The van der Waals surface area contributed by atoms with E-state index in [-0.39, 0.29) is 17.6 Å². The van der Waals surface area contributed by atoms with Crippen molar-refractivity contribution in [1.82, 2.24) is 10.6 Å². The zero-order valence-electron chi connectivity index (χ0n) is 10.6. The van der Waals surface area contributed by atoms with Crippen molar-refractivity contribution in [3.63, 3.8) is 0 Å². The highest BCUT2D eigenvalue weighted by atomic mass is 16.2. The molecule has 3 rings (SSSR count). The lowest BCUT2D eigenvalue weighted by atomic mass is 9.86. The first-order valence-corrected chi connectivity index (χ1v) is 6.60. The largest absolute Gasteiger partial charge is 0.337 e. The maximum Gasteiger partial charge on any atom is 0.247 e. The molecule has 0 aromatic heterocycles. The summed E-state index contributed by atoms with van der Waals surface area (Å²) in [4.78, 5) is 14.6. The molecule has 18 heavy (non-hydrogen) atoms. The van der Waals surface area contributed by atoms with Crippen LogP contribution in [0.3, 0.4) is 0 Å². The van der Waals surface area contributed by atoms with E-state index in [0.717, 1.165) is 31.6 Å². The van der Waals surface area contributed by atoms with Crippen molar-refractivity contribution in [2.24, 2.45) is 0 Å². The average molecular weight is 245 g/mol. The zero-order chi connectivity index (χ0) is 12.6. The molecule has 1 atom stereocenters. The molecule has 0 aliphatic carbocycles. The lowest BCUT2D eigenvalue weighted by Gasteiger charge is -2.41. The van der Waals surface area contributed by atoms with Crippen LogP contribution in [-0.4, -0.2) is 30.7 Å². The number of benzene rings is 1. The molecule has 4 nitrogen and oxygen atoms in total. The number of para-hydroxylation sites is 1. The summed E-state index contributed by atoms with van der Waals surface area (Å²) in [5.41, 5.74) is 0.775. The minimum absolute atomic E-state index is 0.0676. The highest BCUT2D eigenvalue weighted by Crippen LogP contribution is 2.36. The number of rotatable bonds is 1. The van der Waals surface area contributed by atoms with E-state index in [2.05, 4.69) is 34.6 Å². The van der Waals surface area contributed by atoms with Gasteiger partial charge in [-0.1, -0.05) is 18.2 Å². The van der Waals surface area contributed by atoms with Crippen LogP contribution in [0.5, 0.6) is 0 Å². The van der Waals surface area contributed by atoms with Crippen molar-refractivity contribution in [2.75, 3.05) is 18.0 Å². The van der Waals surface area contributed by atoms with Crippen LogP contribution in [0.25, 0.3) is 0 Å². The molecule has 1 amide bonds. The summed E-state index contributed by atoms with van der Waals surface area (Å²) in [6, 6.07) is 10.2. The second kappa shape index (κ2) is 4.28. The first-order valence-electron chi connectivity index (χ1n) is 6.60. The van der Waals surface area contributed by atoms with Crippen LogP contribution in [0.15, 0.2) is 30.3 Å². The first kappa shape index (κ1) is 11.5. The van der Waals surface area contributed by atoms with Gasteiger partial charge in [0.05, 0.1) is 6.17 Å². The van der Waals surface area contributed by atoms with Gasteiger partial charge in [-0.2, -0.15) is 0 Å². The quantitative estimate of drug-likeness (QED) is 0.778. The van der Waals surface area contributed by atoms with Gasteiger partial charge in [0.25, 0.3) is 0 Å². The van der Waals surface area contributed by atoms with Gasteiger partial charge < -0.3 is 15.5 Å². The average Bonchev–Trinajstić information content (AvgIpc) is 2.63. The van der Waals surface area contributed by atoms with Gasteiger partial charge >= 0.3 is 0 Å². The Hall–Kier alpha value is -1.55. The fourth-order valence-corrected chi connectivity index (χ4v) is 3.24. The van der Waals surface area contributed by atoms with Crippen LogP contribution >= 0.6 is 0 Å². The Morgan fingerprint density at radius 3 is 2.56 bits per heavy atom. The number of amides is 1. The van der Waals surface area contributed by atoms with Crippen LogP contribution in [0, 0.1) is 0 Å². The van der Waals surface area contributed by atoms with Crippen molar-refractivity contribution in [2.45, 2.75) is 31.5 Å². The van der Waals surface area contributed by atoms with E-state index in [1.807, 2.05) is 18.2 Å². The second-order valence-corrected chi connectivity index (χ2v) is 5.14. The Labute approximate surface area is 107 Å². The Balaban J connectivity index is 2.02. The van der Waals surface area contributed by atoms with Crippen LogP contribution in [0.4, 0.5) is 5.69 Å². The molecular formula is C14H19N3O. The van der Waals surface area contributed by atoms with Crippen LogP contribution in [-0.2, 0) is 4.79 Å². The summed E-state index contributed by atoms with van der Waals surface area (Å²) in [7, 11) is 0. The van der Waals surface area contributed by atoms with E-state index >= 15 is 0 Å². The molecule has 96 valence electrons. The van der Waals surface area contributed by atoms with Crippen molar-refractivity contribution in [1.29, 1.82) is 0 Å². The number of nitrogens with one attached hydrogen (secondary N) is 2. The van der Waals surface area contributed by atoms with Gasteiger partial charge in [0.2, 0.25) is 5.91 Å². The van der Waals surface area contributed by atoms with Gasteiger partial charge in [-0.15, -0.1) is 0 Å². The maximum absolute atomic E-state index is 12.4. The van der Waals surface area contributed by atoms with Crippen LogP contribution < -0.4 is 15.5 Å². The first-order chi connectivity index (χ1) is 8.74. The fourth-order valence-electron chi connectivity index (χ4n) is 3.24. The molecule has 1 unspecified atom stereocenters. The number of carbonyl (C=O) groups is 1. The number of hydrogen-bond donors (Lipinski definition) is 2. The second-order valence-electron chi connectivity index (χ2n) is 5.14. The predicted octanol–water partition coefficient (Wildman–Crippen LogP) is 1.09. The number of nitrogens with zero attached hydrogens (tertiary/aromatic N) is 1. The third-order valence-corrected chi connectivity index (χ3v) is 4.08. The summed E-state index contributed by atoms with van der Waals surface area (Å²) >= 11 is 0. The Morgan fingerprint density at radius 2 is 1.89 bits per heavy atom. The molecule has 2 saturated heterocycles. The monoisotopic (exact) mass is 245 g/mol. The van der Waals surface area contributed by atoms with Gasteiger partial charge in [0, 0.05) is 5.69 Å². The topological polar surface area (TPSA) is 44.4 Å². The molecule has 2 fully saturated rings. The molecule has 4 heteroatoms. The summed E-state index contributed by atoms with van der Waals surface area (Å²) < 4.78 is 0. The minimum Gasteiger partial charge on any atom is -0.337 e. The number of carbonyl (C=O) groups excluding carboxylic acids is 1. The molecule has 1 spiro atoms. The van der Waals surface area contributed by atoms with E-state index < -0.39 is 0 Å². The maximum atomic E-state index is 12.4. The Morgan fingerprint density at radius 1 is 1.22 bits per heavy atom. The molecule has 1 aromatic rings.